The van der Waals surface area contributed by atoms with Gasteiger partial charge in [-0.3, -0.25) is 0 Å². The van der Waals surface area contributed by atoms with Crippen LogP contribution in [0.25, 0.3) is 0 Å². The molecule has 134 valence electrons. The van der Waals surface area contributed by atoms with Gasteiger partial charge in [0, 0.05) is 12.8 Å². The number of hydrogen-bond donors (Lipinski definition) is 2. The van der Waals surface area contributed by atoms with Crippen LogP contribution in [-0.2, 0) is 0 Å². The molecule has 0 rings (SSSR count). The molecule has 0 fully saturated rings. The summed E-state index contributed by atoms with van der Waals surface area (Å²) in [7, 11) is 0. The molecule has 2 heteroatoms. The summed E-state index contributed by atoms with van der Waals surface area (Å²) < 4.78 is 0. The van der Waals surface area contributed by atoms with Crippen molar-refractivity contribution in [3.8, 4) is 0 Å². The van der Waals surface area contributed by atoms with Crippen molar-refractivity contribution in [2.24, 2.45) is 0 Å². The molecular weight excluding hydrogens is 272 g/mol. The molecule has 2 nitrogen and oxygen atoms in total. The molecule has 0 atom stereocenters. The lowest BCUT2D eigenvalue weighted by Gasteiger charge is -2.21. The average Bonchev–Trinajstić information content (AvgIpc) is 2.49. The maximum Gasteiger partial charge on any atom is 0.162 e. The molecule has 0 saturated carbocycles. The molecule has 0 radical (unpaired) electrons. The summed E-state index contributed by atoms with van der Waals surface area (Å²) in [5.74, 6) is -1.41. The first-order valence-corrected chi connectivity index (χ1v) is 10.1. The third-order valence-electron chi connectivity index (χ3n) is 4.61. The highest BCUT2D eigenvalue weighted by Crippen LogP contribution is 2.20. The minimum absolute atomic E-state index is 0.546. The second-order valence-corrected chi connectivity index (χ2v) is 7.08. The fourth-order valence-corrected chi connectivity index (χ4v) is 3.03. The zero-order valence-electron chi connectivity index (χ0n) is 15.4. The van der Waals surface area contributed by atoms with Crippen LogP contribution in [0.15, 0.2) is 0 Å². The Morgan fingerprint density at radius 3 is 1.09 bits per heavy atom. The lowest BCUT2D eigenvalue weighted by Crippen LogP contribution is -2.27. The van der Waals surface area contributed by atoms with Gasteiger partial charge < -0.3 is 10.2 Å². The minimum Gasteiger partial charge on any atom is -0.366 e. The van der Waals surface area contributed by atoms with Gasteiger partial charge in [0.15, 0.2) is 5.79 Å². The third kappa shape index (κ3) is 16.3. The monoisotopic (exact) mass is 314 g/mol. The molecule has 0 aromatic heterocycles. The summed E-state index contributed by atoms with van der Waals surface area (Å²) >= 11 is 0. The Bertz CT molecular complexity index is 214. The van der Waals surface area contributed by atoms with Gasteiger partial charge in [0.1, 0.15) is 0 Å². The van der Waals surface area contributed by atoms with Crippen LogP contribution in [0.5, 0.6) is 0 Å². The van der Waals surface area contributed by atoms with Gasteiger partial charge in [0.25, 0.3) is 0 Å². The van der Waals surface area contributed by atoms with Crippen molar-refractivity contribution < 1.29 is 10.2 Å². The predicted molar refractivity (Wildman–Crippen MR) is 97.0 cm³/mol. The second kappa shape index (κ2) is 15.8. The van der Waals surface area contributed by atoms with Gasteiger partial charge >= 0.3 is 0 Å². The first kappa shape index (κ1) is 21.9. The molecule has 2 N–H and O–H groups in total. The van der Waals surface area contributed by atoms with Crippen molar-refractivity contribution in [1.29, 1.82) is 0 Å². The van der Waals surface area contributed by atoms with Gasteiger partial charge in [-0.25, -0.2) is 0 Å². The fourth-order valence-electron chi connectivity index (χ4n) is 3.03. The van der Waals surface area contributed by atoms with E-state index in [1.165, 1.54) is 70.6 Å². The molecule has 0 aliphatic rings. The summed E-state index contributed by atoms with van der Waals surface area (Å²) in [5.41, 5.74) is 0. The van der Waals surface area contributed by atoms with Crippen molar-refractivity contribution in [2.75, 3.05) is 0 Å². The van der Waals surface area contributed by atoms with E-state index in [4.69, 9.17) is 0 Å². The van der Waals surface area contributed by atoms with Gasteiger partial charge in [-0.2, -0.15) is 0 Å². The summed E-state index contributed by atoms with van der Waals surface area (Å²) in [6.45, 7) is 4.44. The van der Waals surface area contributed by atoms with Gasteiger partial charge in [-0.15, -0.1) is 0 Å². The molecular formula is C20H42O2. The lowest BCUT2D eigenvalue weighted by atomic mass is 9.99. The lowest BCUT2D eigenvalue weighted by molar-refractivity contribution is -0.172. The van der Waals surface area contributed by atoms with Crippen LogP contribution < -0.4 is 0 Å². The molecule has 0 aliphatic heterocycles. The normalized spacial score (nSPS) is 12.0. The second-order valence-electron chi connectivity index (χ2n) is 7.08. The molecule has 0 saturated heterocycles. The molecule has 0 bridgehead atoms. The summed E-state index contributed by atoms with van der Waals surface area (Å²) in [6.07, 6.45) is 19.9. The van der Waals surface area contributed by atoms with Crippen LogP contribution in [0.4, 0.5) is 0 Å². The number of rotatable bonds is 17. The largest absolute Gasteiger partial charge is 0.366 e. The highest BCUT2D eigenvalue weighted by Gasteiger charge is 2.21. The van der Waals surface area contributed by atoms with Gasteiger partial charge in [-0.1, -0.05) is 97.3 Å². The van der Waals surface area contributed by atoms with Crippen LogP contribution in [0.1, 0.15) is 123 Å². The number of hydrogen-bond acceptors (Lipinski definition) is 2. The fraction of sp³-hybridized carbons (Fsp3) is 1.00. The van der Waals surface area contributed by atoms with E-state index >= 15 is 0 Å². The molecule has 0 amide bonds. The molecule has 0 aliphatic carbocycles. The van der Waals surface area contributed by atoms with Crippen LogP contribution in [0.3, 0.4) is 0 Å². The van der Waals surface area contributed by atoms with Crippen LogP contribution in [-0.4, -0.2) is 16.0 Å². The van der Waals surface area contributed by atoms with E-state index in [0.29, 0.717) is 12.8 Å². The van der Waals surface area contributed by atoms with E-state index in [1.807, 2.05) is 0 Å². The van der Waals surface area contributed by atoms with Gasteiger partial charge in [0.2, 0.25) is 0 Å². The number of unbranched alkanes of at least 4 members (excludes halogenated alkanes) is 13. The molecule has 22 heavy (non-hydrogen) atoms. The highest BCUT2D eigenvalue weighted by molar-refractivity contribution is 4.65. The van der Waals surface area contributed by atoms with Crippen molar-refractivity contribution in [3.05, 3.63) is 0 Å². The van der Waals surface area contributed by atoms with Gasteiger partial charge in [0.05, 0.1) is 0 Å². The maximum atomic E-state index is 9.91. The Balaban J connectivity index is 3.26. The van der Waals surface area contributed by atoms with Crippen molar-refractivity contribution in [3.63, 3.8) is 0 Å². The summed E-state index contributed by atoms with van der Waals surface area (Å²) in [4.78, 5) is 0. The van der Waals surface area contributed by atoms with Crippen molar-refractivity contribution in [2.45, 2.75) is 129 Å². The summed E-state index contributed by atoms with van der Waals surface area (Å²) in [6, 6.07) is 0. The standard InChI is InChI=1S/C20H42O2/c1-3-5-7-9-10-11-12-13-14-15-17-19-20(21,22)18-16-8-6-4-2/h21-22H,3-19H2,1-2H3. The van der Waals surface area contributed by atoms with Gasteiger partial charge in [-0.05, 0) is 12.8 Å². The Morgan fingerprint density at radius 2 is 0.727 bits per heavy atom. The first-order valence-electron chi connectivity index (χ1n) is 10.1. The van der Waals surface area contributed by atoms with E-state index in [0.717, 1.165) is 25.7 Å². The Kier molecular flexibility index (Phi) is 15.7. The SMILES string of the molecule is CCCCCCCCCCCCCC(O)(O)CCCCCC. The number of aliphatic hydroxyl groups is 2. The molecule has 0 heterocycles. The zero-order valence-corrected chi connectivity index (χ0v) is 15.4. The van der Waals surface area contributed by atoms with Crippen molar-refractivity contribution in [1.82, 2.24) is 0 Å². The predicted octanol–water partition coefficient (Wildman–Crippen LogP) is 6.34. The van der Waals surface area contributed by atoms with E-state index in [9.17, 15) is 10.2 Å². The van der Waals surface area contributed by atoms with Crippen molar-refractivity contribution >= 4 is 0 Å². The zero-order chi connectivity index (χ0) is 16.5. The van der Waals surface area contributed by atoms with E-state index in [-0.39, 0.29) is 0 Å². The van der Waals surface area contributed by atoms with Crippen LogP contribution >= 0.6 is 0 Å². The maximum absolute atomic E-state index is 9.91. The smallest absolute Gasteiger partial charge is 0.162 e. The first-order chi connectivity index (χ1) is 10.6. The third-order valence-corrected chi connectivity index (χ3v) is 4.61. The average molecular weight is 315 g/mol. The highest BCUT2D eigenvalue weighted by atomic mass is 16.5. The van der Waals surface area contributed by atoms with Crippen LogP contribution in [0.2, 0.25) is 0 Å². The molecule has 0 aromatic rings. The van der Waals surface area contributed by atoms with E-state index < -0.39 is 5.79 Å². The molecule has 0 spiro atoms. The van der Waals surface area contributed by atoms with E-state index in [1.54, 1.807) is 0 Å². The van der Waals surface area contributed by atoms with Crippen LogP contribution in [0, 0.1) is 0 Å². The summed E-state index contributed by atoms with van der Waals surface area (Å²) in [5, 5.41) is 19.8. The molecule has 0 aromatic carbocycles. The topological polar surface area (TPSA) is 40.5 Å². The van der Waals surface area contributed by atoms with E-state index in [2.05, 4.69) is 13.8 Å². The Hall–Kier alpha value is -0.0800. The quantitative estimate of drug-likeness (QED) is 0.243. The minimum atomic E-state index is -1.41. The molecule has 0 unspecified atom stereocenters. The Morgan fingerprint density at radius 1 is 0.455 bits per heavy atom. The Labute approximate surface area is 139 Å².